The zero-order valence-corrected chi connectivity index (χ0v) is 14.7. The highest BCUT2D eigenvalue weighted by molar-refractivity contribution is 7.92. The van der Waals surface area contributed by atoms with Gasteiger partial charge in [0.2, 0.25) is 15.9 Å². The van der Waals surface area contributed by atoms with E-state index in [1.807, 2.05) is 0 Å². The van der Waals surface area contributed by atoms with Gasteiger partial charge >= 0.3 is 0 Å². The number of nitrogens with zero attached hydrogens (tertiary/aromatic N) is 1. The molecule has 0 fully saturated rings. The minimum atomic E-state index is -3.79. The van der Waals surface area contributed by atoms with Crippen LogP contribution in [0.4, 0.5) is 18.9 Å². The largest absolute Gasteiger partial charge is 0.352 e. The molecular weight excluding hydrogens is 369 g/mol. The quantitative estimate of drug-likeness (QED) is 0.795. The highest BCUT2D eigenvalue weighted by Gasteiger charge is 2.20. The Balaban J connectivity index is 1.99. The van der Waals surface area contributed by atoms with Crippen molar-refractivity contribution in [1.29, 1.82) is 0 Å². The molecule has 0 aliphatic heterocycles. The molecule has 2 rings (SSSR count). The van der Waals surface area contributed by atoms with Crippen LogP contribution >= 0.6 is 0 Å². The highest BCUT2D eigenvalue weighted by atomic mass is 32.2. The van der Waals surface area contributed by atoms with Crippen LogP contribution in [0.2, 0.25) is 0 Å². The molecule has 0 bridgehead atoms. The van der Waals surface area contributed by atoms with E-state index in [9.17, 15) is 26.4 Å². The molecule has 140 valence electrons. The van der Waals surface area contributed by atoms with Crippen LogP contribution in [0.1, 0.15) is 12.0 Å². The van der Waals surface area contributed by atoms with E-state index >= 15 is 0 Å². The van der Waals surface area contributed by atoms with E-state index in [0.717, 1.165) is 28.8 Å². The van der Waals surface area contributed by atoms with E-state index < -0.39 is 33.4 Å². The maximum absolute atomic E-state index is 13.4. The van der Waals surface area contributed by atoms with Gasteiger partial charge in [-0.15, -0.1) is 0 Å². The van der Waals surface area contributed by atoms with Crippen LogP contribution in [-0.4, -0.2) is 27.1 Å². The van der Waals surface area contributed by atoms with Gasteiger partial charge in [-0.05, 0) is 29.8 Å². The minimum Gasteiger partial charge on any atom is -0.352 e. The first-order valence-corrected chi connectivity index (χ1v) is 9.45. The Labute approximate surface area is 149 Å². The van der Waals surface area contributed by atoms with E-state index in [-0.39, 0.29) is 25.2 Å². The molecule has 0 aliphatic rings. The molecule has 26 heavy (non-hydrogen) atoms. The summed E-state index contributed by atoms with van der Waals surface area (Å²) >= 11 is 0. The fourth-order valence-corrected chi connectivity index (χ4v) is 3.14. The molecule has 0 spiro atoms. The lowest BCUT2D eigenvalue weighted by Gasteiger charge is -2.22. The van der Waals surface area contributed by atoms with Gasteiger partial charge in [-0.1, -0.05) is 12.1 Å². The Kier molecular flexibility index (Phi) is 6.25. The van der Waals surface area contributed by atoms with Crippen molar-refractivity contribution in [3.63, 3.8) is 0 Å². The Bertz CT molecular complexity index is 887. The van der Waals surface area contributed by atoms with E-state index in [1.165, 1.54) is 24.3 Å². The van der Waals surface area contributed by atoms with Gasteiger partial charge in [-0.25, -0.2) is 21.6 Å². The number of carbonyl (C=O) groups is 1. The number of rotatable bonds is 7. The molecule has 1 amide bonds. The van der Waals surface area contributed by atoms with Crippen molar-refractivity contribution in [2.45, 2.75) is 13.0 Å². The fourth-order valence-electron chi connectivity index (χ4n) is 2.22. The maximum Gasteiger partial charge on any atom is 0.232 e. The summed E-state index contributed by atoms with van der Waals surface area (Å²) in [4.78, 5) is 11.9. The summed E-state index contributed by atoms with van der Waals surface area (Å²) in [6, 6.07) is 8.24. The van der Waals surface area contributed by atoms with Gasteiger partial charge in [0, 0.05) is 25.6 Å². The van der Waals surface area contributed by atoms with E-state index in [1.54, 1.807) is 0 Å². The SMILES string of the molecule is CS(=O)(=O)N(CCC(=O)NCc1ccc(F)cc1)c1ccc(F)c(F)c1. The molecule has 0 atom stereocenters. The summed E-state index contributed by atoms with van der Waals surface area (Å²) in [5, 5.41) is 2.58. The Morgan fingerprint density at radius 1 is 1.04 bits per heavy atom. The summed E-state index contributed by atoms with van der Waals surface area (Å²) in [6.45, 7) is -0.0810. The zero-order chi connectivity index (χ0) is 19.3. The normalized spacial score (nSPS) is 11.2. The number of carbonyl (C=O) groups excluding carboxylic acids is 1. The molecule has 2 aromatic carbocycles. The van der Waals surface area contributed by atoms with Crippen LogP contribution < -0.4 is 9.62 Å². The van der Waals surface area contributed by atoms with Crippen LogP contribution in [0, 0.1) is 17.5 Å². The number of halogens is 3. The summed E-state index contributed by atoms with van der Waals surface area (Å²) in [7, 11) is -3.79. The van der Waals surface area contributed by atoms with Crippen molar-refractivity contribution in [3.8, 4) is 0 Å². The van der Waals surface area contributed by atoms with Crippen LogP contribution in [0.25, 0.3) is 0 Å². The second-order valence-corrected chi connectivity index (χ2v) is 7.49. The van der Waals surface area contributed by atoms with Crippen molar-refractivity contribution in [2.24, 2.45) is 0 Å². The van der Waals surface area contributed by atoms with Gasteiger partial charge < -0.3 is 5.32 Å². The number of anilines is 1. The molecule has 0 saturated carbocycles. The van der Waals surface area contributed by atoms with Gasteiger partial charge in [-0.2, -0.15) is 0 Å². The van der Waals surface area contributed by atoms with Crippen molar-refractivity contribution in [3.05, 3.63) is 65.5 Å². The van der Waals surface area contributed by atoms with Crippen LogP contribution in [0.15, 0.2) is 42.5 Å². The summed E-state index contributed by atoms with van der Waals surface area (Å²) in [5.74, 6) is -3.11. The minimum absolute atomic E-state index is 0.0715. The van der Waals surface area contributed by atoms with E-state index in [0.29, 0.717) is 5.56 Å². The molecule has 1 N–H and O–H groups in total. The lowest BCUT2D eigenvalue weighted by Crippen LogP contribution is -2.34. The first kappa shape index (κ1) is 19.8. The highest BCUT2D eigenvalue weighted by Crippen LogP contribution is 2.20. The average Bonchev–Trinajstić information content (AvgIpc) is 2.56. The van der Waals surface area contributed by atoms with Gasteiger partial charge in [0.25, 0.3) is 0 Å². The molecule has 5 nitrogen and oxygen atoms in total. The predicted molar refractivity (Wildman–Crippen MR) is 91.4 cm³/mol. The molecule has 0 radical (unpaired) electrons. The van der Waals surface area contributed by atoms with Gasteiger partial charge in [-0.3, -0.25) is 9.10 Å². The molecule has 0 aromatic heterocycles. The monoisotopic (exact) mass is 386 g/mol. The molecule has 9 heteroatoms. The van der Waals surface area contributed by atoms with Crippen LogP contribution in [-0.2, 0) is 21.4 Å². The lowest BCUT2D eigenvalue weighted by molar-refractivity contribution is -0.121. The number of nitrogens with one attached hydrogen (secondary N) is 1. The number of amides is 1. The Hall–Kier alpha value is -2.55. The standard InChI is InChI=1S/C17H17F3N2O3S/c1-26(24,25)22(14-6-7-15(19)16(20)10-14)9-8-17(23)21-11-12-2-4-13(18)5-3-12/h2-7,10H,8-9,11H2,1H3,(H,21,23). The summed E-state index contributed by atoms with van der Waals surface area (Å²) in [6.07, 6.45) is 0.720. The molecule has 0 aliphatic carbocycles. The lowest BCUT2D eigenvalue weighted by atomic mass is 10.2. The van der Waals surface area contributed by atoms with Crippen molar-refractivity contribution in [2.75, 3.05) is 17.1 Å². The third-order valence-electron chi connectivity index (χ3n) is 3.54. The molecular formula is C17H17F3N2O3S. The number of hydrogen-bond donors (Lipinski definition) is 1. The number of sulfonamides is 1. The number of hydrogen-bond acceptors (Lipinski definition) is 3. The third-order valence-corrected chi connectivity index (χ3v) is 4.73. The molecule has 0 unspecified atom stereocenters. The molecule has 0 heterocycles. The predicted octanol–water partition coefficient (Wildman–Crippen LogP) is 2.58. The molecule has 0 saturated heterocycles. The second-order valence-electron chi connectivity index (χ2n) is 5.59. The summed E-state index contributed by atoms with van der Waals surface area (Å²) in [5.41, 5.74) is 0.609. The first-order chi connectivity index (χ1) is 12.2. The Morgan fingerprint density at radius 3 is 2.27 bits per heavy atom. The van der Waals surface area contributed by atoms with E-state index in [2.05, 4.69) is 5.32 Å². The van der Waals surface area contributed by atoms with Crippen molar-refractivity contribution >= 4 is 21.6 Å². The van der Waals surface area contributed by atoms with E-state index in [4.69, 9.17) is 0 Å². The first-order valence-electron chi connectivity index (χ1n) is 7.61. The molecule has 2 aromatic rings. The van der Waals surface area contributed by atoms with Gasteiger partial charge in [0.15, 0.2) is 11.6 Å². The van der Waals surface area contributed by atoms with Gasteiger partial charge in [0.05, 0.1) is 11.9 Å². The summed E-state index contributed by atoms with van der Waals surface area (Å²) < 4.78 is 63.8. The fraction of sp³-hybridized carbons (Fsp3) is 0.235. The van der Waals surface area contributed by atoms with Crippen molar-refractivity contribution in [1.82, 2.24) is 5.32 Å². The average molecular weight is 386 g/mol. The smallest absolute Gasteiger partial charge is 0.232 e. The van der Waals surface area contributed by atoms with Crippen LogP contribution in [0.5, 0.6) is 0 Å². The van der Waals surface area contributed by atoms with Gasteiger partial charge in [0.1, 0.15) is 5.82 Å². The maximum atomic E-state index is 13.4. The van der Waals surface area contributed by atoms with Crippen molar-refractivity contribution < 1.29 is 26.4 Å². The Morgan fingerprint density at radius 2 is 1.69 bits per heavy atom. The second kappa shape index (κ2) is 8.22. The number of benzene rings is 2. The van der Waals surface area contributed by atoms with Crippen LogP contribution in [0.3, 0.4) is 0 Å². The topological polar surface area (TPSA) is 66.5 Å². The third kappa shape index (κ3) is 5.48. The zero-order valence-electron chi connectivity index (χ0n) is 13.9.